The third-order valence-electron chi connectivity index (χ3n) is 3.60. The lowest BCUT2D eigenvalue weighted by Crippen LogP contribution is -2.39. The number of halogens is 1. The summed E-state index contributed by atoms with van der Waals surface area (Å²) >= 11 is 7.15. The van der Waals surface area contributed by atoms with Crippen molar-refractivity contribution in [3.8, 4) is 0 Å². The van der Waals surface area contributed by atoms with Gasteiger partial charge in [-0.2, -0.15) is 0 Å². The average molecular weight is 327 g/mol. The summed E-state index contributed by atoms with van der Waals surface area (Å²) < 4.78 is 0. The molecule has 1 aliphatic heterocycles. The number of rotatable bonds is 6. The van der Waals surface area contributed by atoms with E-state index >= 15 is 0 Å². The summed E-state index contributed by atoms with van der Waals surface area (Å²) in [5, 5.41) is 3.86. The Hall–Kier alpha value is -1.04. The van der Waals surface area contributed by atoms with Gasteiger partial charge in [-0.3, -0.25) is 9.59 Å². The van der Waals surface area contributed by atoms with E-state index in [0.29, 0.717) is 22.1 Å². The molecule has 0 saturated carbocycles. The van der Waals surface area contributed by atoms with Gasteiger partial charge in [-0.25, -0.2) is 0 Å². The van der Waals surface area contributed by atoms with Crippen molar-refractivity contribution in [3.05, 3.63) is 34.9 Å². The first-order chi connectivity index (χ1) is 10.1. The van der Waals surface area contributed by atoms with Crippen LogP contribution in [0.4, 0.5) is 0 Å². The number of nitrogens with zero attached hydrogens (tertiary/aromatic N) is 1. The molecule has 1 heterocycles. The summed E-state index contributed by atoms with van der Waals surface area (Å²) in [5.74, 6) is 0.753. The van der Waals surface area contributed by atoms with Crippen molar-refractivity contribution in [2.24, 2.45) is 0 Å². The Morgan fingerprint density at radius 2 is 2.05 bits per heavy atom. The molecular formula is C15H19ClN2O2S. The summed E-state index contributed by atoms with van der Waals surface area (Å²) in [4.78, 5) is 25.8. The van der Waals surface area contributed by atoms with E-state index in [-0.39, 0.29) is 17.7 Å². The van der Waals surface area contributed by atoms with Crippen molar-refractivity contribution >= 4 is 35.1 Å². The van der Waals surface area contributed by atoms with E-state index in [1.165, 1.54) is 11.8 Å². The molecule has 0 radical (unpaired) electrons. The highest BCUT2D eigenvalue weighted by Crippen LogP contribution is 2.14. The van der Waals surface area contributed by atoms with Crippen LogP contribution in [0.5, 0.6) is 0 Å². The first-order valence-corrected chi connectivity index (χ1v) is 8.44. The molecule has 1 aliphatic rings. The van der Waals surface area contributed by atoms with Gasteiger partial charge in [0.15, 0.2) is 5.78 Å². The van der Waals surface area contributed by atoms with Crippen LogP contribution in [0.2, 0.25) is 5.02 Å². The van der Waals surface area contributed by atoms with Crippen molar-refractivity contribution in [3.63, 3.8) is 0 Å². The van der Waals surface area contributed by atoms with Crippen LogP contribution in [0.1, 0.15) is 16.8 Å². The van der Waals surface area contributed by atoms with Gasteiger partial charge < -0.3 is 10.2 Å². The highest BCUT2D eigenvalue weighted by molar-refractivity contribution is 8.00. The van der Waals surface area contributed by atoms with Gasteiger partial charge in [0, 0.05) is 30.2 Å². The number of ketones is 1. The number of Topliss-reactive ketones (excluding diaryl/α,β-unsaturated/α-hetero) is 1. The fourth-order valence-corrected chi connectivity index (χ4v) is 3.18. The van der Waals surface area contributed by atoms with Crippen molar-refractivity contribution in [2.75, 3.05) is 31.6 Å². The smallest absolute Gasteiger partial charge is 0.232 e. The zero-order chi connectivity index (χ0) is 15.2. The van der Waals surface area contributed by atoms with E-state index in [2.05, 4.69) is 5.32 Å². The zero-order valence-electron chi connectivity index (χ0n) is 12.0. The number of amides is 1. The summed E-state index contributed by atoms with van der Waals surface area (Å²) in [7, 11) is 1.83. The Labute approximate surface area is 134 Å². The first kappa shape index (κ1) is 16.3. The Morgan fingerprint density at radius 3 is 2.67 bits per heavy atom. The van der Waals surface area contributed by atoms with Crippen LogP contribution < -0.4 is 5.32 Å². The van der Waals surface area contributed by atoms with Gasteiger partial charge in [-0.1, -0.05) is 11.6 Å². The molecule has 6 heteroatoms. The second kappa shape index (κ2) is 7.82. The molecule has 1 aromatic carbocycles. The number of carbonyl (C=O) groups is 2. The minimum Gasteiger partial charge on any atom is -0.341 e. The molecule has 1 fully saturated rings. The van der Waals surface area contributed by atoms with E-state index in [0.717, 1.165) is 19.5 Å². The summed E-state index contributed by atoms with van der Waals surface area (Å²) in [5.41, 5.74) is 0.632. The molecule has 1 atom stereocenters. The van der Waals surface area contributed by atoms with E-state index in [1.807, 2.05) is 7.05 Å². The van der Waals surface area contributed by atoms with Crippen molar-refractivity contribution in [1.29, 1.82) is 0 Å². The highest BCUT2D eigenvalue weighted by Gasteiger charge is 2.22. The maximum atomic E-state index is 12.0. The molecule has 2 rings (SSSR count). The molecule has 1 amide bonds. The fourth-order valence-electron chi connectivity index (χ4n) is 2.23. The number of carbonyl (C=O) groups excluding carboxylic acids is 2. The first-order valence-electron chi connectivity index (χ1n) is 6.91. The van der Waals surface area contributed by atoms with Crippen LogP contribution in [0.15, 0.2) is 24.3 Å². The molecule has 1 N–H and O–H groups in total. The van der Waals surface area contributed by atoms with Gasteiger partial charge in [0.2, 0.25) is 5.91 Å². The molecule has 114 valence electrons. The minimum absolute atomic E-state index is 0.0228. The van der Waals surface area contributed by atoms with Crippen LogP contribution in [0.25, 0.3) is 0 Å². The number of benzene rings is 1. The van der Waals surface area contributed by atoms with Crippen molar-refractivity contribution < 1.29 is 9.59 Å². The SMILES string of the molecule is CN(C(=O)CSCC(=O)c1ccc(Cl)cc1)C1CCNC1. The molecule has 1 saturated heterocycles. The van der Waals surface area contributed by atoms with Gasteiger partial charge in [0.05, 0.1) is 11.5 Å². The monoisotopic (exact) mass is 326 g/mol. The minimum atomic E-state index is 0.0228. The molecule has 0 aromatic heterocycles. The Balaban J connectivity index is 1.74. The number of thioether (sulfide) groups is 1. The molecule has 0 bridgehead atoms. The Morgan fingerprint density at radius 1 is 1.33 bits per heavy atom. The van der Waals surface area contributed by atoms with Gasteiger partial charge in [0.25, 0.3) is 0 Å². The number of likely N-dealkylation sites (N-methyl/N-ethyl adjacent to an activating group) is 1. The normalized spacial score (nSPS) is 17.7. The molecule has 21 heavy (non-hydrogen) atoms. The largest absolute Gasteiger partial charge is 0.341 e. The average Bonchev–Trinajstić information content (AvgIpc) is 3.01. The van der Waals surface area contributed by atoms with Crippen LogP contribution in [-0.4, -0.2) is 54.3 Å². The van der Waals surface area contributed by atoms with Crippen LogP contribution in [0, 0.1) is 0 Å². The highest BCUT2D eigenvalue weighted by atomic mass is 35.5. The summed E-state index contributed by atoms with van der Waals surface area (Å²) in [6, 6.07) is 7.11. The third kappa shape index (κ3) is 4.73. The Bertz CT molecular complexity index is 501. The lowest BCUT2D eigenvalue weighted by molar-refractivity contribution is -0.128. The molecule has 4 nitrogen and oxygen atoms in total. The molecular weight excluding hydrogens is 308 g/mol. The summed E-state index contributed by atoms with van der Waals surface area (Å²) in [6.45, 7) is 1.82. The van der Waals surface area contributed by atoms with Crippen LogP contribution >= 0.6 is 23.4 Å². The van der Waals surface area contributed by atoms with Crippen LogP contribution in [-0.2, 0) is 4.79 Å². The topological polar surface area (TPSA) is 49.4 Å². The second-order valence-corrected chi connectivity index (χ2v) is 6.50. The number of hydrogen-bond acceptors (Lipinski definition) is 4. The lowest BCUT2D eigenvalue weighted by atomic mass is 10.1. The van der Waals surface area contributed by atoms with Crippen LogP contribution in [0.3, 0.4) is 0 Å². The molecule has 0 aliphatic carbocycles. The number of nitrogens with one attached hydrogen (secondary N) is 1. The molecule has 1 aromatic rings. The van der Waals surface area contributed by atoms with Gasteiger partial charge in [0.1, 0.15) is 0 Å². The lowest BCUT2D eigenvalue weighted by Gasteiger charge is -2.23. The van der Waals surface area contributed by atoms with Gasteiger partial charge in [-0.05, 0) is 37.2 Å². The summed E-state index contributed by atoms with van der Waals surface area (Å²) in [6.07, 6.45) is 0.997. The molecule has 0 spiro atoms. The van der Waals surface area contributed by atoms with Crippen molar-refractivity contribution in [1.82, 2.24) is 10.2 Å². The van der Waals surface area contributed by atoms with E-state index in [4.69, 9.17) is 11.6 Å². The standard InChI is InChI=1S/C15H19ClN2O2S/c1-18(13-6-7-17-8-13)15(20)10-21-9-14(19)11-2-4-12(16)5-3-11/h2-5,13,17H,6-10H2,1H3. The second-order valence-electron chi connectivity index (χ2n) is 5.07. The molecule has 1 unspecified atom stereocenters. The van der Waals surface area contributed by atoms with E-state index in [1.54, 1.807) is 29.2 Å². The van der Waals surface area contributed by atoms with E-state index in [9.17, 15) is 9.59 Å². The number of hydrogen-bond donors (Lipinski definition) is 1. The fraction of sp³-hybridized carbons (Fsp3) is 0.467. The van der Waals surface area contributed by atoms with Gasteiger partial charge in [-0.15, -0.1) is 11.8 Å². The maximum absolute atomic E-state index is 12.0. The predicted octanol–water partition coefficient (Wildman–Crippen LogP) is 2.08. The van der Waals surface area contributed by atoms with E-state index < -0.39 is 0 Å². The zero-order valence-corrected chi connectivity index (χ0v) is 13.5. The Kier molecular flexibility index (Phi) is 6.08. The van der Waals surface area contributed by atoms with Gasteiger partial charge >= 0.3 is 0 Å². The third-order valence-corrected chi connectivity index (χ3v) is 4.77. The predicted molar refractivity (Wildman–Crippen MR) is 87.2 cm³/mol. The van der Waals surface area contributed by atoms with Crippen molar-refractivity contribution in [2.45, 2.75) is 12.5 Å². The maximum Gasteiger partial charge on any atom is 0.232 e. The quantitative estimate of drug-likeness (QED) is 0.813.